The number of rotatable bonds is 1. The number of carbonyl (C=O) groups excluding carboxylic acids is 3. The number of hydrogen-bond donors (Lipinski definition) is 1. The Morgan fingerprint density at radius 3 is 2.41 bits per heavy atom. The molecule has 0 aliphatic carbocycles. The van der Waals surface area contributed by atoms with Gasteiger partial charge in [0.25, 0.3) is 0 Å². The van der Waals surface area contributed by atoms with Crippen LogP contribution in [0.15, 0.2) is 0 Å². The predicted molar refractivity (Wildman–Crippen MR) is 77.0 cm³/mol. The first kappa shape index (κ1) is 16.4. The summed E-state index contributed by atoms with van der Waals surface area (Å²) in [7, 11) is 1.26. The van der Waals surface area contributed by atoms with E-state index in [0.717, 1.165) is 0 Å². The Balaban J connectivity index is 2.34. The summed E-state index contributed by atoms with van der Waals surface area (Å²) in [6.07, 6.45) is 0.454. The second-order valence-electron chi connectivity index (χ2n) is 6.78. The van der Waals surface area contributed by atoms with E-state index in [0.29, 0.717) is 19.4 Å². The Bertz CT molecular complexity index is 501. The quantitative estimate of drug-likeness (QED) is 0.718. The lowest BCUT2D eigenvalue weighted by molar-refractivity contribution is -0.157. The van der Waals surface area contributed by atoms with Gasteiger partial charge in [0.15, 0.2) is 5.54 Å². The van der Waals surface area contributed by atoms with Crippen LogP contribution in [-0.4, -0.2) is 65.3 Å². The van der Waals surface area contributed by atoms with E-state index in [1.165, 1.54) is 16.9 Å². The molecule has 22 heavy (non-hydrogen) atoms. The van der Waals surface area contributed by atoms with Crippen molar-refractivity contribution in [1.82, 2.24) is 9.80 Å². The highest BCUT2D eigenvalue weighted by atomic mass is 16.6. The molecule has 0 aromatic carbocycles. The van der Waals surface area contributed by atoms with Crippen LogP contribution in [0, 0.1) is 0 Å². The Morgan fingerprint density at radius 1 is 1.27 bits per heavy atom. The third-order valence-electron chi connectivity index (χ3n) is 4.07. The zero-order valence-corrected chi connectivity index (χ0v) is 13.4. The number of fused-ring (bicyclic) bond motifs is 2. The maximum absolute atomic E-state index is 12.5. The van der Waals surface area contributed by atoms with Gasteiger partial charge in [-0.05, 0) is 33.6 Å². The number of amides is 3. The summed E-state index contributed by atoms with van der Waals surface area (Å²) < 4.78 is 10.3. The molecule has 2 fully saturated rings. The van der Waals surface area contributed by atoms with Crippen LogP contribution in [0.3, 0.4) is 0 Å². The van der Waals surface area contributed by atoms with E-state index in [9.17, 15) is 14.4 Å². The molecular weight excluding hydrogens is 290 g/mol. The molecule has 8 nitrogen and oxygen atoms in total. The Hall–Kier alpha value is -1.99. The third kappa shape index (κ3) is 2.69. The lowest BCUT2D eigenvalue weighted by atomic mass is 9.95. The molecule has 8 heteroatoms. The van der Waals surface area contributed by atoms with Crippen LogP contribution >= 0.6 is 0 Å². The second kappa shape index (κ2) is 5.33. The minimum atomic E-state index is -1.21. The molecule has 0 radical (unpaired) electrons. The molecule has 2 bridgehead atoms. The number of nitrogens with zero attached hydrogens (tertiary/aromatic N) is 2. The van der Waals surface area contributed by atoms with Crippen molar-refractivity contribution < 1.29 is 23.9 Å². The van der Waals surface area contributed by atoms with Crippen LogP contribution < -0.4 is 5.73 Å². The molecule has 2 heterocycles. The minimum absolute atomic E-state index is 0.0325. The summed E-state index contributed by atoms with van der Waals surface area (Å²) in [5.41, 5.74) is 3.46. The molecule has 0 saturated carbocycles. The molecular formula is C14H23N3O5. The Labute approximate surface area is 129 Å². The van der Waals surface area contributed by atoms with Crippen molar-refractivity contribution >= 4 is 18.1 Å². The smallest absolute Gasteiger partial charge is 0.411 e. The first-order valence-corrected chi connectivity index (χ1v) is 7.26. The van der Waals surface area contributed by atoms with E-state index >= 15 is 0 Å². The van der Waals surface area contributed by atoms with Gasteiger partial charge >= 0.3 is 18.1 Å². The van der Waals surface area contributed by atoms with Gasteiger partial charge in [0.05, 0.1) is 19.7 Å². The summed E-state index contributed by atoms with van der Waals surface area (Å²) in [5, 5.41) is 0. The first-order valence-electron chi connectivity index (χ1n) is 7.26. The van der Waals surface area contributed by atoms with Gasteiger partial charge < -0.3 is 20.1 Å². The van der Waals surface area contributed by atoms with Gasteiger partial charge in [0.1, 0.15) is 5.60 Å². The average molecular weight is 313 g/mol. The maximum atomic E-state index is 12.5. The molecule has 2 atom stereocenters. The van der Waals surface area contributed by atoms with E-state index in [1.54, 1.807) is 20.8 Å². The molecule has 2 aliphatic heterocycles. The van der Waals surface area contributed by atoms with E-state index in [-0.39, 0.29) is 12.6 Å². The number of methoxy groups -OCH3 is 1. The highest BCUT2D eigenvalue weighted by Crippen LogP contribution is 2.41. The topological polar surface area (TPSA) is 102 Å². The van der Waals surface area contributed by atoms with E-state index < -0.39 is 29.2 Å². The fourth-order valence-corrected chi connectivity index (χ4v) is 3.23. The molecule has 2 rings (SSSR count). The monoisotopic (exact) mass is 313 g/mol. The average Bonchev–Trinajstić information content (AvgIpc) is 2.64. The van der Waals surface area contributed by atoms with Crippen molar-refractivity contribution in [2.24, 2.45) is 5.73 Å². The summed E-state index contributed by atoms with van der Waals surface area (Å²) in [6, 6.07) is -0.904. The number of nitrogens with two attached hydrogens (primary N) is 1. The molecule has 2 aliphatic rings. The Kier molecular flexibility index (Phi) is 3.97. The van der Waals surface area contributed by atoms with Crippen LogP contribution in [0.25, 0.3) is 0 Å². The van der Waals surface area contributed by atoms with Gasteiger partial charge in [0.2, 0.25) is 0 Å². The number of urea groups is 1. The SMILES string of the molecule is COC(=O)C12CCC(CN(C(N)=O)C1)N2C(=O)OC(C)(C)C. The number of likely N-dealkylation sites (tertiary alicyclic amines) is 1. The van der Waals surface area contributed by atoms with Crippen molar-refractivity contribution in [3.8, 4) is 0 Å². The lowest BCUT2D eigenvalue weighted by Gasteiger charge is -2.46. The van der Waals surface area contributed by atoms with Gasteiger partial charge in [-0.1, -0.05) is 0 Å². The van der Waals surface area contributed by atoms with Gasteiger partial charge in [-0.25, -0.2) is 14.4 Å². The van der Waals surface area contributed by atoms with Crippen LogP contribution in [0.1, 0.15) is 33.6 Å². The molecule has 2 unspecified atom stereocenters. The van der Waals surface area contributed by atoms with Gasteiger partial charge in [0, 0.05) is 6.54 Å². The molecule has 0 spiro atoms. The molecule has 0 aromatic rings. The number of piperazine rings is 1. The third-order valence-corrected chi connectivity index (χ3v) is 4.07. The van der Waals surface area contributed by atoms with Crippen LogP contribution in [0.2, 0.25) is 0 Å². The molecule has 124 valence electrons. The second-order valence-corrected chi connectivity index (χ2v) is 6.78. The van der Waals surface area contributed by atoms with Crippen molar-refractivity contribution in [1.29, 1.82) is 0 Å². The van der Waals surface area contributed by atoms with Crippen molar-refractivity contribution in [3.63, 3.8) is 0 Å². The molecule has 3 amide bonds. The summed E-state index contributed by atoms with van der Waals surface area (Å²) in [6.45, 7) is 5.61. The fourth-order valence-electron chi connectivity index (χ4n) is 3.23. The van der Waals surface area contributed by atoms with Crippen LogP contribution in [0.4, 0.5) is 9.59 Å². The van der Waals surface area contributed by atoms with E-state index in [2.05, 4.69) is 0 Å². The summed E-state index contributed by atoms with van der Waals surface area (Å²) in [5.74, 6) is -0.549. The zero-order chi connectivity index (χ0) is 16.7. The van der Waals surface area contributed by atoms with Crippen LogP contribution in [-0.2, 0) is 14.3 Å². The predicted octanol–water partition coefficient (Wildman–Crippen LogP) is 0.692. The van der Waals surface area contributed by atoms with Gasteiger partial charge in [-0.2, -0.15) is 0 Å². The number of hydrogen-bond acceptors (Lipinski definition) is 5. The Morgan fingerprint density at radius 2 is 1.91 bits per heavy atom. The van der Waals surface area contributed by atoms with E-state index in [1.807, 2.05) is 0 Å². The largest absolute Gasteiger partial charge is 0.467 e. The molecule has 2 saturated heterocycles. The minimum Gasteiger partial charge on any atom is -0.467 e. The zero-order valence-electron chi connectivity index (χ0n) is 13.4. The number of primary amides is 1. The molecule has 0 aromatic heterocycles. The van der Waals surface area contributed by atoms with E-state index in [4.69, 9.17) is 15.2 Å². The maximum Gasteiger partial charge on any atom is 0.411 e. The van der Waals surface area contributed by atoms with Crippen LogP contribution in [0.5, 0.6) is 0 Å². The highest BCUT2D eigenvalue weighted by Gasteiger charge is 2.60. The highest BCUT2D eigenvalue weighted by molar-refractivity contribution is 5.88. The lowest BCUT2D eigenvalue weighted by Crippen LogP contribution is -2.68. The van der Waals surface area contributed by atoms with Gasteiger partial charge in [-0.15, -0.1) is 0 Å². The normalized spacial score (nSPS) is 27.5. The molecule has 2 N–H and O–H groups in total. The fraction of sp³-hybridized carbons (Fsp3) is 0.786. The first-order chi connectivity index (χ1) is 10.1. The number of carbonyl (C=O) groups is 3. The van der Waals surface area contributed by atoms with Gasteiger partial charge in [-0.3, -0.25) is 4.90 Å². The summed E-state index contributed by atoms with van der Waals surface area (Å²) >= 11 is 0. The van der Waals surface area contributed by atoms with Crippen molar-refractivity contribution in [2.45, 2.75) is 50.8 Å². The number of ether oxygens (including phenoxy) is 2. The van der Waals surface area contributed by atoms with Crippen molar-refractivity contribution in [3.05, 3.63) is 0 Å². The number of esters is 1. The van der Waals surface area contributed by atoms with Crippen molar-refractivity contribution in [2.75, 3.05) is 20.2 Å². The summed E-state index contributed by atoms with van der Waals surface area (Å²) in [4.78, 5) is 39.2. The standard InChI is InChI=1S/C14H23N3O5/c1-13(2,3)22-12(20)17-9-5-6-14(17,10(18)21-4)8-16(7-9)11(15)19/h9H,5-8H2,1-4H3,(H2,15,19).